The Bertz CT molecular complexity index is 739. The van der Waals surface area contributed by atoms with E-state index in [9.17, 15) is 14.7 Å². The van der Waals surface area contributed by atoms with Crippen molar-refractivity contribution in [2.75, 3.05) is 6.61 Å². The first-order valence-electron chi connectivity index (χ1n) is 8.01. The normalized spacial score (nSPS) is 12.2. The molecule has 2 N–H and O–H groups in total. The maximum Gasteiger partial charge on any atom is 0.326 e. The smallest absolute Gasteiger partial charge is 0.326 e. The number of benzene rings is 2. The number of carbonyl (C=O) groups excluding carboxylic acids is 1. The van der Waals surface area contributed by atoms with Crippen LogP contribution in [-0.2, 0) is 16.0 Å². The summed E-state index contributed by atoms with van der Waals surface area (Å²) in [6, 6.07) is 10.6. The van der Waals surface area contributed by atoms with E-state index in [1.807, 2.05) is 36.4 Å². The molecule has 128 valence electrons. The average molecular weight is 329 g/mol. The second-order valence-corrected chi connectivity index (χ2v) is 6.26. The van der Waals surface area contributed by atoms with Gasteiger partial charge in [-0.15, -0.1) is 0 Å². The van der Waals surface area contributed by atoms with Crippen molar-refractivity contribution in [1.29, 1.82) is 0 Å². The van der Waals surface area contributed by atoms with E-state index in [0.29, 0.717) is 18.3 Å². The van der Waals surface area contributed by atoms with Crippen molar-refractivity contribution in [1.82, 2.24) is 5.32 Å². The van der Waals surface area contributed by atoms with Crippen LogP contribution in [0.2, 0.25) is 0 Å². The van der Waals surface area contributed by atoms with E-state index in [0.717, 1.165) is 16.3 Å². The largest absolute Gasteiger partial charge is 0.493 e. The van der Waals surface area contributed by atoms with Gasteiger partial charge in [-0.05, 0) is 22.8 Å². The van der Waals surface area contributed by atoms with Crippen LogP contribution in [0.1, 0.15) is 26.3 Å². The fourth-order valence-corrected chi connectivity index (χ4v) is 2.57. The molecule has 1 amide bonds. The molecule has 5 heteroatoms. The number of carboxylic acids is 1. The average Bonchev–Trinajstić information content (AvgIpc) is 2.52. The summed E-state index contributed by atoms with van der Waals surface area (Å²) in [5.74, 6) is -0.408. The van der Waals surface area contributed by atoms with Gasteiger partial charge in [0.1, 0.15) is 11.8 Å². The summed E-state index contributed by atoms with van der Waals surface area (Å²) < 4.78 is 5.89. The van der Waals surface area contributed by atoms with Gasteiger partial charge in [0.15, 0.2) is 0 Å². The SMILES string of the molecule is CC(=O)NC(Cc1c(OCC(C)C)ccc2ccccc12)C(=O)O. The Morgan fingerprint density at radius 2 is 1.88 bits per heavy atom. The van der Waals surface area contributed by atoms with Gasteiger partial charge in [0, 0.05) is 18.9 Å². The molecule has 0 fully saturated rings. The zero-order chi connectivity index (χ0) is 17.7. The second-order valence-electron chi connectivity index (χ2n) is 6.26. The summed E-state index contributed by atoms with van der Waals surface area (Å²) in [6.07, 6.45) is 0.170. The Morgan fingerprint density at radius 3 is 2.50 bits per heavy atom. The Kier molecular flexibility index (Phi) is 5.79. The second kappa shape index (κ2) is 7.81. The van der Waals surface area contributed by atoms with E-state index in [1.165, 1.54) is 6.92 Å². The van der Waals surface area contributed by atoms with E-state index < -0.39 is 12.0 Å². The quantitative estimate of drug-likeness (QED) is 0.819. The Hall–Kier alpha value is -2.56. The lowest BCUT2D eigenvalue weighted by Crippen LogP contribution is -2.41. The molecular formula is C19H23NO4. The first-order chi connectivity index (χ1) is 11.4. The van der Waals surface area contributed by atoms with Crippen molar-refractivity contribution in [2.24, 2.45) is 5.92 Å². The highest BCUT2D eigenvalue weighted by molar-refractivity contribution is 5.89. The fourth-order valence-electron chi connectivity index (χ4n) is 2.57. The van der Waals surface area contributed by atoms with Crippen LogP contribution in [0.25, 0.3) is 10.8 Å². The Balaban J connectivity index is 2.44. The molecule has 0 aliphatic carbocycles. The molecule has 1 unspecified atom stereocenters. The molecule has 0 radical (unpaired) electrons. The number of hydrogen-bond acceptors (Lipinski definition) is 3. The molecule has 0 heterocycles. The van der Waals surface area contributed by atoms with E-state index in [4.69, 9.17) is 4.74 Å². The molecule has 0 spiro atoms. The summed E-state index contributed by atoms with van der Waals surface area (Å²) in [6.45, 7) is 5.97. The maximum atomic E-state index is 11.5. The van der Waals surface area contributed by atoms with Gasteiger partial charge in [-0.3, -0.25) is 4.79 Å². The highest BCUT2D eigenvalue weighted by Crippen LogP contribution is 2.29. The van der Waals surface area contributed by atoms with Crippen LogP contribution in [0.3, 0.4) is 0 Å². The minimum Gasteiger partial charge on any atom is -0.493 e. The van der Waals surface area contributed by atoms with Gasteiger partial charge in [0.05, 0.1) is 6.61 Å². The van der Waals surface area contributed by atoms with Crippen molar-refractivity contribution >= 4 is 22.6 Å². The van der Waals surface area contributed by atoms with E-state index >= 15 is 0 Å². The van der Waals surface area contributed by atoms with Crippen LogP contribution in [-0.4, -0.2) is 29.6 Å². The molecule has 0 aromatic heterocycles. The van der Waals surface area contributed by atoms with Crippen LogP contribution in [0.15, 0.2) is 36.4 Å². The van der Waals surface area contributed by atoms with Crippen LogP contribution in [0.5, 0.6) is 5.75 Å². The molecule has 24 heavy (non-hydrogen) atoms. The summed E-state index contributed by atoms with van der Waals surface area (Å²) in [5.41, 5.74) is 0.801. The van der Waals surface area contributed by atoms with Gasteiger partial charge >= 0.3 is 5.97 Å². The Morgan fingerprint density at radius 1 is 1.17 bits per heavy atom. The summed E-state index contributed by atoms with van der Waals surface area (Å²) in [5, 5.41) is 13.9. The maximum absolute atomic E-state index is 11.5. The summed E-state index contributed by atoms with van der Waals surface area (Å²) in [4.78, 5) is 22.8. The Labute approximate surface area is 141 Å². The number of amides is 1. The molecule has 0 bridgehead atoms. The molecule has 2 aromatic carbocycles. The topological polar surface area (TPSA) is 75.6 Å². The lowest BCUT2D eigenvalue weighted by atomic mass is 9.97. The van der Waals surface area contributed by atoms with Crippen LogP contribution < -0.4 is 10.1 Å². The van der Waals surface area contributed by atoms with E-state index in [1.54, 1.807) is 0 Å². The predicted molar refractivity (Wildman–Crippen MR) is 93.2 cm³/mol. The lowest BCUT2D eigenvalue weighted by molar-refractivity contribution is -0.141. The number of hydrogen-bond donors (Lipinski definition) is 2. The van der Waals surface area contributed by atoms with E-state index in [2.05, 4.69) is 19.2 Å². The number of aliphatic carboxylic acids is 1. The van der Waals surface area contributed by atoms with Gasteiger partial charge in [-0.2, -0.15) is 0 Å². The van der Waals surface area contributed by atoms with Crippen molar-refractivity contribution < 1.29 is 19.4 Å². The van der Waals surface area contributed by atoms with Gasteiger partial charge in [-0.25, -0.2) is 4.79 Å². The zero-order valence-electron chi connectivity index (χ0n) is 14.2. The third-order valence-corrected chi connectivity index (χ3v) is 3.65. The monoisotopic (exact) mass is 329 g/mol. The van der Waals surface area contributed by atoms with Crippen molar-refractivity contribution in [2.45, 2.75) is 33.2 Å². The molecule has 0 saturated carbocycles. The van der Waals surface area contributed by atoms with E-state index in [-0.39, 0.29) is 12.3 Å². The number of fused-ring (bicyclic) bond motifs is 1. The summed E-state index contributed by atoms with van der Waals surface area (Å²) in [7, 11) is 0. The van der Waals surface area contributed by atoms with Gasteiger partial charge in [-0.1, -0.05) is 44.2 Å². The number of ether oxygens (including phenoxy) is 1. The molecular weight excluding hydrogens is 306 g/mol. The number of carbonyl (C=O) groups is 2. The highest BCUT2D eigenvalue weighted by atomic mass is 16.5. The molecule has 2 aromatic rings. The molecule has 0 aliphatic rings. The van der Waals surface area contributed by atoms with Gasteiger partial charge in [0.2, 0.25) is 5.91 Å². The van der Waals surface area contributed by atoms with Crippen molar-refractivity contribution in [3.8, 4) is 5.75 Å². The summed E-state index contributed by atoms with van der Waals surface area (Å²) >= 11 is 0. The lowest BCUT2D eigenvalue weighted by Gasteiger charge is -2.19. The van der Waals surface area contributed by atoms with Crippen molar-refractivity contribution in [3.05, 3.63) is 42.0 Å². The third-order valence-electron chi connectivity index (χ3n) is 3.65. The minimum atomic E-state index is -1.06. The first kappa shape index (κ1) is 17.8. The number of carboxylic acid groups (broad SMARTS) is 1. The standard InChI is InChI=1S/C19H23NO4/c1-12(2)11-24-18-9-8-14-6-4-5-7-15(14)16(18)10-17(19(22)23)20-13(3)21/h4-9,12,17H,10-11H2,1-3H3,(H,20,21)(H,22,23). The molecule has 1 atom stereocenters. The number of rotatable bonds is 7. The van der Waals surface area contributed by atoms with Crippen LogP contribution in [0.4, 0.5) is 0 Å². The zero-order valence-corrected chi connectivity index (χ0v) is 14.2. The van der Waals surface area contributed by atoms with Crippen molar-refractivity contribution in [3.63, 3.8) is 0 Å². The van der Waals surface area contributed by atoms with Crippen LogP contribution >= 0.6 is 0 Å². The van der Waals surface area contributed by atoms with Gasteiger partial charge in [0.25, 0.3) is 0 Å². The van der Waals surface area contributed by atoms with Crippen LogP contribution in [0, 0.1) is 5.92 Å². The number of nitrogens with one attached hydrogen (secondary N) is 1. The molecule has 0 saturated heterocycles. The molecule has 5 nitrogen and oxygen atoms in total. The third kappa shape index (κ3) is 4.47. The molecule has 2 rings (SSSR count). The highest BCUT2D eigenvalue weighted by Gasteiger charge is 2.22. The fraction of sp³-hybridized carbons (Fsp3) is 0.368. The molecule has 0 aliphatic heterocycles. The predicted octanol–water partition coefficient (Wildman–Crippen LogP) is 3.01. The minimum absolute atomic E-state index is 0.170. The first-order valence-corrected chi connectivity index (χ1v) is 8.01. The van der Waals surface area contributed by atoms with Gasteiger partial charge < -0.3 is 15.2 Å².